The molecule has 1 fully saturated rings. The molecule has 3 nitrogen and oxygen atoms in total. The number of nitrogens with zero attached hydrogens (tertiary/aromatic N) is 1. The number of nitrogens with one attached hydrogen (secondary N) is 1. The fourth-order valence-corrected chi connectivity index (χ4v) is 2.76. The first-order valence-electron chi connectivity index (χ1n) is 7.21. The molecule has 2 N–H and O–H groups in total. The van der Waals surface area contributed by atoms with Gasteiger partial charge in [0.1, 0.15) is 0 Å². The zero-order chi connectivity index (χ0) is 12.7. The van der Waals surface area contributed by atoms with Crippen LogP contribution in [0.2, 0.25) is 0 Å². The van der Waals surface area contributed by atoms with Gasteiger partial charge in [-0.1, -0.05) is 13.3 Å². The summed E-state index contributed by atoms with van der Waals surface area (Å²) < 4.78 is 0. The van der Waals surface area contributed by atoms with E-state index in [0.717, 1.165) is 19.4 Å². The molecule has 0 aromatic carbocycles. The number of piperidine rings is 1. The van der Waals surface area contributed by atoms with Crippen LogP contribution in [0.15, 0.2) is 0 Å². The molecule has 102 valence electrons. The Morgan fingerprint density at radius 1 is 1.29 bits per heavy atom. The van der Waals surface area contributed by atoms with Crippen LogP contribution in [0.4, 0.5) is 0 Å². The third-order valence-electron chi connectivity index (χ3n) is 3.91. The molecule has 0 spiro atoms. The van der Waals surface area contributed by atoms with E-state index in [9.17, 15) is 5.11 Å². The molecule has 0 amide bonds. The Morgan fingerprint density at radius 3 is 2.47 bits per heavy atom. The lowest BCUT2D eigenvalue weighted by molar-refractivity contribution is 0.103. The van der Waals surface area contributed by atoms with Crippen LogP contribution < -0.4 is 5.32 Å². The van der Waals surface area contributed by atoms with Crippen LogP contribution in [0.5, 0.6) is 0 Å². The van der Waals surface area contributed by atoms with E-state index >= 15 is 0 Å². The van der Waals surface area contributed by atoms with Crippen molar-refractivity contribution in [1.82, 2.24) is 10.2 Å². The summed E-state index contributed by atoms with van der Waals surface area (Å²) in [5.41, 5.74) is -0.118. The third-order valence-corrected chi connectivity index (χ3v) is 3.91. The van der Waals surface area contributed by atoms with Gasteiger partial charge in [-0.25, -0.2) is 0 Å². The minimum atomic E-state index is -0.118. The van der Waals surface area contributed by atoms with Crippen molar-refractivity contribution < 1.29 is 5.11 Å². The largest absolute Gasteiger partial charge is 0.394 e. The quantitative estimate of drug-likeness (QED) is 0.717. The minimum absolute atomic E-state index is 0.118. The van der Waals surface area contributed by atoms with Crippen LogP contribution in [0.3, 0.4) is 0 Å². The summed E-state index contributed by atoms with van der Waals surface area (Å²) >= 11 is 0. The summed E-state index contributed by atoms with van der Waals surface area (Å²) in [5, 5.41) is 13.1. The summed E-state index contributed by atoms with van der Waals surface area (Å²) in [7, 11) is 0. The molecular formula is C14H30N2O. The van der Waals surface area contributed by atoms with Crippen LogP contribution in [0, 0.1) is 0 Å². The monoisotopic (exact) mass is 242 g/mol. The van der Waals surface area contributed by atoms with Crippen LogP contribution in [0.1, 0.15) is 52.9 Å². The first-order valence-corrected chi connectivity index (χ1v) is 7.21. The molecule has 0 saturated carbocycles. The molecule has 1 aliphatic rings. The Hall–Kier alpha value is -0.120. The summed E-state index contributed by atoms with van der Waals surface area (Å²) in [6.45, 7) is 10.3. The summed E-state index contributed by atoms with van der Waals surface area (Å²) in [6.07, 6.45) is 6.21. The molecule has 0 aromatic heterocycles. The Morgan fingerprint density at radius 2 is 1.94 bits per heavy atom. The minimum Gasteiger partial charge on any atom is -0.394 e. The van der Waals surface area contributed by atoms with Crippen LogP contribution >= 0.6 is 0 Å². The third kappa shape index (κ3) is 4.94. The lowest BCUT2D eigenvalue weighted by atomic mass is 9.92. The van der Waals surface area contributed by atoms with Gasteiger partial charge >= 0.3 is 0 Å². The first kappa shape index (κ1) is 14.9. The second kappa shape index (κ2) is 7.34. The second-order valence-corrected chi connectivity index (χ2v) is 5.80. The summed E-state index contributed by atoms with van der Waals surface area (Å²) in [4.78, 5) is 2.57. The van der Waals surface area contributed by atoms with Gasteiger partial charge in [0, 0.05) is 11.6 Å². The van der Waals surface area contributed by atoms with E-state index in [1.807, 2.05) is 0 Å². The van der Waals surface area contributed by atoms with Crippen LogP contribution in [0.25, 0.3) is 0 Å². The van der Waals surface area contributed by atoms with E-state index < -0.39 is 0 Å². The molecule has 1 rings (SSSR count). The Labute approximate surface area is 107 Å². The van der Waals surface area contributed by atoms with Gasteiger partial charge in [-0.2, -0.15) is 0 Å². The van der Waals surface area contributed by atoms with Crippen LogP contribution in [-0.4, -0.2) is 47.8 Å². The number of aliphatic hydroxyl groups is 1. The molecule has 0 aromatic rings. The maximum atomic E-state index is 9.58. The molecule has 0 aliphatic carbocycles. The first-order chi connectivity index (χ1) is 8.11. The number of rotatable bonds is 7. The molecule has 1 saturated heterocycles. The summed E-state index contributed by atoms with van der Waals surface area (Å²) in [5.74, 6) is 0. The second-order valence-electron chi connectivity index (χ2n) is 5.80. The van der Waals surface area contributed by atoms with Crippen molar-refractivity contribution in [2.75, 3.05) is 26.2 Å². The van der Waals surface area contributed by atoms with Crippen LogP contribution in [-0.2, 0) is 0 Å². The van der Waals surface area contributed by atoms with E-state index in [2.05, 4.69) is 31.0 Å². The van der Waals surface area contributed by atoms with Crippen molar-refractivity contribution >= 4 is 0 Å². The van der Waals surface area contributed by atoms with Crippen molar-refractivity contribution in [3.8, 4) is 0 Å². The molecular weight excluding hydrogens is 212 g/mol. The highest BCUT2D eigenvalue weighted by Gasteiger charge is 2.28. The molecule has 17 heavy (non-hydrogen) atoms. The van der Waals surface area contributed by atoms with Crippen molar-refractivity contribution in [1.29, 1.82) is 0 Å². The highest BCUT2D eigenvalue weighted by Crippen LogP contribution is 2.19. The van der Waals surface area contributed by atoms with E-state index in [4.69, 9.17) is 0 Å². The number of hydrogen-bond donors (Lipinski definition) is 2. The van der Waals surface area contributed by atoms with Gasteiger partial charge in [-0.3, -0.25) is 0 Å². The predicted octanol–water partition coefficient (Wildman–Crippen LogP) is 2.00. The summed E-state index contributed by atoms with van der Waals surface area (Å²) in [6, 6.07) is 0.566. The maximum Gasteiger partial charge on any atom is 0.0611 e. The van der Waals surface area contributed by atoms with Gasteiger partial charge in [0.2, 0.25) is 0 Å². The molecule has 2 atom stereocenters. The fourth-order valence-electron chi connectivity index (χ4n) is 2.76. The Bertz CT molecular complexity index is 204. The van der Waals surface area contributed by atoms with Gasteiger partial charge in [0.05, 0.1) is 6.61 Å². The highest BCUT2D eigenvalue weighted by molar-refractivity contribution is 4.87. The molecule has 1 heterocycles. The average Bonchev–Trinajstić information content (AvgIpc) is 2.37. The van der Waals surface area contributed by atoms with E-state index in [1.165, 1.54) is 32.4 Å². The maximum absolute atomic E-state index is 9.58. The lowest BCUT2D eigenvalue weighted by Gasteiger charge is -2.38. The lowest BCUT2D eigenvalue weighted by Crippen LogP contribution is -2.51. The number of likely N-dealkylation sites (tertiary alicyclic amines) is 1. The molecule has 0 bridgehead atoms. The number of hydrogen-bond acceptors (Lipinski definition) is 3. The smallest absolute Gasteiger partial charge is 0.0611 e. The number of aliphatic hydroxyl groups excluding tert-OH is 1. The Balaban J connectivity index is 2.42. The van der Waals surface area contributed by atoms with Gasteiger partial charge in [0.25, 0.3) is 0 Å². The molecule has 2 unspecified atom stereocenters. The van der Waals surface area contributed by atoms with Gasteiger partial charge in [0.15, 0.2) is 0 Å². The van der Waals surface area contributed by atoms with Crippen molar-refractivity contribution in [3.05, 3.63) is 0 Å². The standard InChI is InChI=1S/C14H30N2O/c1-4-8-15-14(3,12-17)11-13(2)16-9-6-5-7-10-16/h13,15,17H,4-12H2,1-3H3. The molecule has 1 aliphatic heterocycles. The SMILES string of the molecule is CCCNC(C)(CO)CC(C)N1CCCCC1. The van der Waals surface area contributed by atoms with Crippen molar-refractivity contribution in [2.24, 2.45) is 0 Å². The average molecular weight is 242 g/mol. The predicted molar refractivity (Wildman–Crippen MR) is 73.3 cm³/mol. The molecule has 0 radical (unpaired) electrons. The fraction of sp³-hybridized carbons (Fsp3) is 1.00. The normalized spacial score (nSPS) is 23.3. The zero-order valence-corrected chi connectivity index (χ0v) is 11.8. The van der Waals surface area contributed by atoms with Gasteiger partial charge < -0.3 is 15.3 Å². The highest BCUT2D eigenvalue weighted by atomic mass is 16.3. The van der Waals surface area contributed by atoms with E-state index in [-0.39, 0.29) is 12.1 Å². The molecule has 3 heteroatoms. The van der Waals surface area contributed by atoms with E-state index in [1.54, 1.807) is 0 Å². The Kier molecular flexibility index (Phi) is 6.45. The topological polar surface area (TPSA) is 35.5 Å². The zero-order valence-electron chi connectivity index (χ0n) is 11.8. The van der Waals surface area contributed by atoms with Gasteiger partial charge in [-0.15, -0.1) is 0 Å². The van der Waals surface area contributed by atoms with Crippen molar-refractivity contribution in [2.45, 2.75) is 64.5 Å². The van der Waals surface area contributed by atoms with Crippen molar-refractivity contribution in [3.63, 3.8) is 0 Å². The van der Waals surface area contributed by atoms with E-state index in [0.29, 0.717) is 6.04 Å². The van der Waals surface area contributed by atoms with Gasteiger partial charge in [-0.05, 0) is 59.2 Å².